The first-order valence-electron chi connectivity index (χ1n) is 6.21. The van der Waals surface area contributed by atoms with Crippen LogP contribution in [0, 0.1) is 0 Å². The quantitative estimate of drug-likeness (QED) is 0.585. The molecule has 0 atom stereocenters. The van der Waals surface area contributed by atoms with Crippen LogP contribution in [0.3, 0.4) is 0 Å². The Morgan fingerprint density at radius 3 is 2.00 bits per heavy atom. The average Bonchev–Trinajstić information content (AvgIpc) is 2.79. The molecule has 0 amide bonds. The van der Waals surface area contributed by atoms with Crippen molar-refractivity contribution in [1.82, 2.24) is 0 Å². The zero-order valence-electron chi connectivity index (χ0n) is 11.0. The molecule has 0 heterocycles. The monoisotopic (exact) mass is 402 g/mol. The first kappa shape index (κ1) is 16.7. The molecule has 18 heavy (non-hydrogen) atoms. The molecule has 1 aliphatic rings. The second-order valence-corrected chi connectivity index (χ2v) is 12.6. The van der Waals surface area contributed by atoms with Gasteiger partial charge in [0.05, 0.1) is 0 Å². The molecule has 0 saturated heterocycles. The van der Waals surface area contributed by atoms with E-state index in [0.29, 0.717) is 29.5 Å². The molecular formula is C11H20F2GeO3Zr. The van der Waals surface area contributed by atoms with E-state index in [1.807, 2.05) is 20.8 Å². The Bertz CT molecular complexity index is 317. The van der Waals surface area contributed by atoms with E-state index >= 15 is 0 Å². The predicted octanol–water partition coefficient (Wildman–Crippen LogP) is 2.91. The minimum absolute atomic E-state index is 0.216. The van der Waals surface area contributed by atoms with Crippen LogP contribution in [0.15, 0.2) is 19.8 Å². The van der Waals surface area contributed by atoms with Crippen molar-refractivity contribution >= 4 is 15.3 Å². The standard InChI is InChI=1S/C5H5F2Ge.3C2H5O.Zr/c6-8(7)5-3-1-2-4-5;3*1-2-3;/h1,3,8H,2H2;3*2H2,1H3;/q;3*-1;+3. The van der Waals surface area contributed by atoms with E-state index < -0.39 is 36.9 Å². The molecule has 3 nitrogen and oxygen atoms in total. The van der Waals surface area contributed by atoms with Crippen LogP contribution in [0.1, 0.15) is 27.2 Å². The van der Waals surface area contributed by atoms with E-state index in [9.17, 15) is 7.00 Å². The summed E-state index contributed by atoms with van der Waals surface area (Å²) in [5.41, 5.74) is 0. The van der Waals surface area contributed by atoms with E-state index in [-0.39, 0.29) is 4.41 Å². The zero-order valence-corrected chi connectivity index (χ0v) is 15.9. The molecule has 104 valence electrons. The van der Waals surface area contributed by atoms with Gasteiger partial charge in [0, 0.05) is 0 Å². The number of halogens is 2. The Labute approximate surface area is 119 Å². The van der Waals surface area contributed by atoms with Gasteiger partial charge in [-0.1, -0.05) is 0 Å². The normalized spacial score (nSPS) is 16.1. The second kappa shape index (κ2) is 8.05. The Balaban J connectivity index is 3.11. The van der Waals surface area contributed by atoms with Gasteiger partial charge in [0.2, 0.25) is 0 Å². The van der Waals surface area contributed by atoms with Gasteiger partial charge in [-0.2, -0.15) is 0 Å². The molecular weight excluding hydrogens is 382 g/mol. The van der Waals surface area contributed by atoms with E-state index in [1.165, 1.54) is 0 Å². The maximum atomic E-state index is 13.2. The molecule has 0 aromatic rings. The molecule has 0 saturated carbocycles. The van der Waals surface area contributed by atoms with Crippen LogP contribution < -0.4 is 0 Å². The van der Waals surface area contributed by atoms with Crippen molar-refractivity contribution in [3.63, 3.8) is 0 Å². The van der Waals surface area contributed by atoms with Crippen LogP contribution in [0.5, 0.6) is 0 Å². The summed E-state index contributed by atoms with van der Waals surface area (Å²) in [7, 11) is 0. The third kappa shape index (κ3) is 3.82. The van der Waals surface area contributed by atoms with Crippen molar-refractivity contribution in [1.29, 1.82) is 0 Å². The average molecular weight is 402 g/mol. The minimum atomic E-state index is -4.32. The topological polar surface area (TPSA) is 27.7 Å². The van der Waals surface area contributed by atoms with Crippen LogP contribution in [-0.2, 0) is 30.0 Å². The second-order valence-electron chi connectivity index (χ2n) is 3.70. The van der Waals surface area contributed by atoms with Crippen molar-refractivity contribution in [2.75, 3.05) is 19.8 Å². The van der Waals surface area contributed by atoms with Gasteiger partial charge < -0.3 is 0 Å². The summed E-state index contributed by atoms with van der Waals surface area (Å²) in [6, 6.07) is 0. The summed E-state index contributed by atoms with van der Waals surface area (Å²) in [5, 5.41) is 0. The summed E-state index contributed by atoms with van der Waals surface area (Å²) < 4.78 is 44.5. The summed E-state index contributed by atoms with van der Waals surface area (Å²) in [6.45, 7) is 6.83. The van der Waals surface area contributed by atoms with E-state index in [2.05, 4.69) is 0 Å². The van der Waals surface area contributed by atoms with E-state index in [4.69, 9.17) is 8.44 Å². The van der Waals surface area contributed by atoms with Gasteiger partial charge in [-0.15, -0.1) is 0 Å². The van der Waals surface area contributed by atoms with E-state index in [1.54, 1.807) is 12.2 Å². The van der Waals surface area contributed by atoms with Gasteiger partial charge in [0.15, 0.2) is 0 Å². The molecule has 0 spiro atoms. The molecule has 0 aromatic carbocycles. The Kier molecular flexibility index (Phi) is 7.47. The van der Waals surface area contributed by atoms with Gasteiger partial charge in [0.1, 0.15) is 0 Å². The summed E-state index contributed by atoms with van der Waals surface area (Å²) >= 11 is -8.28. The van der Waals surface area contributed by atoms with Crippen LogP contribution in [0.4, 0.5) is 7.00 Å². The Hall–Kier alpha value is 0.646. The van der Waals surface area contributed by atoms with Crippen molar-refractivity contribution in [3.05, 3.63) is 19.8 Å². The molecule has 0 fully saturated rings. The predicted molar refractivity (Wildman–Crippen MR) is 65.0 cm³/mol. The van der Waals surface area contributed by atoms with Crippen LogP contribution in [0.25, 0.3) is 0 Å². The summed E-state index contributed by atoms with van der Waals surface area (Å²) in [5.74, 6) is 0. The van der Waals surface area contributed by atoms with Gasteiger partial charge in [-0.3, -0.25) is 0 Å². The first-order chi connectivity index (χ1) is 8.61. The van der Waals surface area contributed by atoms with Gasteiger partial charge in [-0.05, 0) is 0 Å². The Morgan fingerprint density at radius 1 is 1.11 bits per heavy atom. The maximum absolute atomic E-state index is 13.2. The molecule has 0 aliphatic heterocycles. The van der Waals surface area contributed by atoms with Crippen LogP contribution in [-0.4, -0.2) is 35.1 Å². The van der Waals surface area contributed by atoms with Gasteiger partial charge in [0.25, 0.3) is 0 Å². The third-order valence-electron chi connectivity index (χ3n) is 2.58. The van der Waals surface area contributed by atoms with Crippen molar-refractivity contribution in [2.45, 2.75) is 27.2 Å². The molecule has 0 radical (unpaired) electrons. The molecule has 1 rings (SSSR count). The van der Waals surface area contributed by atoms with Crippen molar-refractivity contribution in [2.24, 2.45) is 0 Å². The SMILES string of the molecule is CC[O][Zr]([O]CC)([O]CC)[C]1=[C]([GeH]([F])[F])C=CC1. The molecule has 1 aliphatic carbocycles. The van der Waals surface area contributed by atoms with E-state index in [0.717, 1.165) is 0 Å². The number of rotatable bonds is 8. The van der Waals surface area contributed by atoms with Crippen LogP contribution >= 0.6 is 0 Å². The molecule has 0 aromatic heterocycles. The van der Waals surface area contributed by atoms with Crippen molar-refractivity contribution < 1.29 is 37.0 Å². The third-order valence-corrected chi connectivity index (χ3v) is 14.1. The molecule has 7 heteroatoms. The van der Waals surface area contributed by atoms with Crippen molar-refractivity contribution in [3.8, 4) is 0 Å². The van der Waals surface area contributed by atoms with Crippen LogP contribution in [0.2, 0.25) is 0 Å². The fraction of sp³-hybridized carbons (Fsp3) is 0.636. The number of allylic oxidation sites excluding steroid dienone is 4. The fourth-order valence-electron chi connectivity index (χ4n) is 1.98. The number of hydrogen-bond donors (Lipinski definition) is 0. The van der Waals surface area contributed by atoms with Gasteiger partial charge >= 0.3 is 119 Å². The number of hydrogen-bond acceptors (Lipinski definition) is 3. The molecule has 0 N–H and O–H groups in total. The summed E-state index contributed by atoms with van der Waals surface area (Å²) in [6.07, 6.45) is 3.81. The summed E-state index contributed by atoms with van der Waals surface area (Å²) in [4.78, 5) is 0. The molecule has 0 bridgehead atoms. The Morgan fingerprint density at radius 2 is 1.61 bits per heavy atom. The zero-order chi connectivity index (χ0) is 13.6. The fourth-order valence-corrected chi connectivity index (χ4v) is 13.6. The first-order valence-corrected chi connectivity index (χ1v) is 13.5. The van der Waals surface area contributed by atoms with Gasteiger partial charge in [-0.25, -0.2) is 0 Å². The molecule has 0 unspecified atom stereocenters.